The van der Waals surface area contributed by atoms with Crippen LogP contribution in [0.4, 0.5) is 4.79 Å². The van der Waals surface area contributed by atoms with Crippen LogP contribution in [0.1, 0.15) is 11.1 Å². The summed E-state index contributed by atoms with van der Waals surface area (Å²) in [6.45, 7) is 0.618. The van der Waals surface area contributed by atoms with E-state index in [1.54, 1.807) is 6.20 Å². The molecule has 2 aromatic carbocycles. The van der Waals surface area contributed by atoms with Gasteiger partial charge in [0.15, 0.2) is 0 Å². The van der Waals surface area contributed by atoms with Crippen molar-refractivity contribution in [1.29, 1.82) is 0 Å². The molecule has 5 heteroatoms. The number of rotatable bonds is 5. The summed E-state index contributed by atoms with van der Waals surface area (Å²) >= 11 is 6.11. The molecule has 1 amide bonds. The molecule has 1 N–H and O–H groups in total. The van der Waals surface area contributed by atoms with E-state index in [9.17, 15) is 4.79 Å². The highest BCUT2D eigenvalue weighted by Crippen LogP contribution is 2.24. The van der Waals surface area contributed by atoms with Crippen LogP contribution >= 0.6 is 11.6 Å². The van der Waals surface area contributed by atoms with Gasteiger partial charge in [-0.3, -0.25) is 0 Å². The molecule has 0 unspecified atom stereocenters. The number of hydrogen-bond donors (Lipinski definition) is 1. The number of amides is 1. The Morgan fingerprint density at radius 3 is 2.60 bits per heavy atom. The van der Waals surface area contributed by atoms with Gasteiger partial charge in [-0.1, -0.05) is 78.4 Å². The maximum Gasteiger partial charge on any atom is 0.407 e. The van der Waals surface area contributed by atoms with Crippen LogP contribution in [0.25, 0.3) is 16.8 Å². The van der Waals surface area contributed by atoms with Crippen LogP contribution in [0, 0.1) is 0 Å². The zero-order chi connectivity index (χ0) is 17.5. The normalized spacial score (nSPS) is 10.9. The van der Waals surface area contributed by atoms with E-state index in [0.717, 1.165) is 21.9 Å². The third-order valence-electron chi connectivity index (χ3n) is 3.65. The van der Waals surface area contributed by atoms with Crippen LogP contribution in [0.15, 0.2) is 66.9 Å². The molecule has 3 rings (SSSR count). The molecular formula is C20H17ClN2O2. The fourth-order valence-electron chi connectivity index (χ4n) is 2.42. The standard InChI is InChI=1S/C20H17ClN2O2/c21-19-18-11-5-4-10-17(18)16(13-23-19)9-6-12-22-20(24)25-14-15-7-2-1-3-8-15/h1-11,13H,12,14H2,(H,22,24). The van der Waals surface area contributed by atoms with Crippen molar-refractivity contribution in [2.24, 2.45) is 0 Å². The van der Waals surface area contributed by atoms with Gasteiger partial charge in [-0.25, -0.2) is 9.78 Å². The Bertz CT molecular complexity index is 895. The number of benzene rings is 2. The maximum absolute atomic E-state index is 11.7. The van der Waals surface area contributed by atoms with Crippen LogP contribution < -0.4 is 5.32 Å². The summed E-state index contributed by atoms with van der Waals surface area (Å²) in [5.74, 6) is 0. The maximum atomic E-state index is 11.7. The highest BCUT2D eigenvalue weighted by atomic mass is 35.5. The number of aromatic nitrogens is 1. The third-order valence-corrected chi connectivity index (χ3v) is 3.95. The first-order chi connectivity index (χ1) is 12.2. The van der Waals surface area contributed by atoms with Gasteiger partial charge in [0, 0.05) is 23.7 Å². The van der Waals surface area contributed by atoms with E-state index in [1.807, 2.05) is 66.7 Å². The molecule has 0 bridgehead atoms. The lowest BCUT2D eigenvalue weighted by Crippen LogP contribution is -2.24. The largest absolute Gasteiger partial charge is 0.445 e. The van der Waals surface area contributed by atoms with Gasteiger partial charge in [0.05, 0.1) is 0 Å². The van der Waals surface area contributed by atoms with Crippen molar-refractivity contribution in [3.05, 3.63) is 83.2 Å². The Kier molecular flexibility index (Phi) is 5.65. The predicted octanol–water partition coefficient (Wildman–Crippen LogP) is 4.83. The van der Waals surface area contributed by atoms with Crippen LogP contribution in [-0.2, 0) is 11.3 Å². The Hall–Kier alpha value is -2.85. The van der Waals surface area contributed by atoms with Gasteiger partial charge in [0.25, 0.3) is 0 Å². The number of ether oxygens (including phenoxy) is 1. The third kappa shape index (κ3) is 4.58. The van der Waals surface area contributed by atoms with Crippen molar-refractivity contribution in [3.63, 3.8) is 0 Å². The number of alkyl carbamates (subject to hydrolysis) is 1. The van der Waals surface area contributed by atoms with Crippen molar-refractivity contribution < 1.29 is 9.53 Å². The summed E-state index contributed by atoms with van der Waals surface area (Å²) in [6.07, 6.45) is 5.02. The highest BCUT2D eigenvalue weighted by Gasteiger charge is 2.03. The molecule has 126 valence electrons. The van der Waals surface area contributed by atoms with Crippen LogP contribution in [-0.4, -0.2) is 17.6 Å². The van der Waals surface area contributed by atoms with E-state index >= 15 is 0 Å². The lowest BCUT2D eigenvalue weighted by Gasteiger charge is -2.06. The molecular weight excluding hydrogens is 336 g/mol. The fraction of sp³-hybridized carbons (Fsp3) is 0.100. The van der Waals surface area contributed by atoms with E-state index in [-0.39, 0.29) is 6.61 Å². The lowest BCUT2D eigenvalue weighted by molar-refractivity contribution is 0.141. The summed E-state index contributed by atoms with van der Waals surface area (Å²) in [7, 11) is 0. The van der Waals surface area contributed by atoms with Crippen molar-refractivity contribution in [2.75, 3.05) is 6.54 Å². The SMILES string of the molecule is O=C(NCC=Cc1cnc(Cl)c2ccccc12)OCc1ccccc1. The van der Waals surface area contributed by atoms with Crippen LogP contribution in [0.3, 0.4) is 0 Å². The van der Waals surface area contributed by atoms with E-state index in [0.29, 0.717) is 11.7 Å². The minimum Gasteiger partial charge on any atom is -0.445 e. The van der Waals surface area contributed by atoms with Crippen LogP contribution in [0.2, 0.25) is 5.15 Å². The van der Waals surface area contributed by atoms with Gasteiger partial charge in [-0.2, -0.15) is 0 Å². The average Bonchev–Trinajstić information content (AvgIpc) is 2.66. The summed E-state index contributed by atoms with van der Waals surface area (Å²) in [4.78, 5) is 15.9. The molecule has 0 aliphatic heterocycles. The van der Waals surface area contributed by atoms with E-state index < -0.39 is 6.09 Å². The Balaban J connectivity index is 1.54. The smallest absolute Gasteiger partial charge is 0.407 e. The van der Waals surface area contributed by atoms with Crippen molar-refractivity contribution >= 4 is 34.5 Å². The van der Waals surface area contributed by atoms with Crippen molar-refractivity contribution in [2.45, 2.75) is 6.61 Å². The predicted molar refractivity (Wildman–Crippen MR) is 100 cm³/mol. The summed E-state index contributed by atoms with van der Waals surface area (Å²) in [5, 5.41) is 5.09. The highest BCUT2D eigenvalue weighted by molar-refractivity contribution is 6.34. The molecule has 0 aliphatic carbocycles. The minimum absolute atomic E-state index is 0.252. The molecule has 25 heavy (non-hydrogen) atoms. The zero-order valence-electron chi connectivity index (χ0n) is 13.5. The number of nitrogens with one attached hydrogen (secondary N) is 1. The fourth-order valence-corrected chi connectivity index (χ4v) is 2.63. The average molecular weight is 353 g/mol. The number of pyridine rings is 1. The van der Waals surface area contributed by atoms with Gasteiger partial charge in [-0.05, 0) is 10.9 Å². The number of halogens is 1. The molecule has 1 aromatic heterocycles. The van der Waals surface area contributed by atoms with Gasteiger partial charge in [0.1, 0.15) is 11.8 Å². The molecule has 0 fully saturated rings. The Labute approximate surface area is 151 Å². The molecule has 3 aromatic rings. The summed E-state index contributed by atoms with van der Waals surface area (Å²) < 4.78 is 5.15. The Morgan fingerprint density at radius 2 is 1.80 bits per heavy atom. The first-order valence-corrected chi connectivity index (χ1v) is 8.26. The topological polar surface area (TPSA) is 51.2 Å². The minimum atomic E-state index is -0.451. The number of carbonyl (C=O) groups excluding carboxylic acids is 1. The summed E-state index contributed by atoms with van der Waals surface area (Å²) in [6, 6.07) is 17.4. The van der Waals surface area contributed by atoms with E-state index in [1.165, 1.54) is 0 Å². The van der Waals surface area contributed by atoms with Gasteiger partial charge < -0.3 is 10.1 Å². The molecule has 0 saturated carbocycles. The second kappa shape index (κ2) is 8.31. The van der Waals surface area contributed by atoms with Gasteiger partial charge in [-0.15, -0.1) is 0 Å². The first-order valence-electron chi connectivity index (χ1n) is 7.88. The first kappa shape index (κ1) is 17.0. The molecule has 1 heterocycles. The zero-order valence-corrected chi connectivity index (χ0v) is 14.2. The van der Waals surface area contributed by atoms with Crippen molar-refractivity contribution in [1.82, 2.24) is 10.3 Å². The summed E-state index contributed by atoms with van der Waals surface area (Å²) in [5.41, 5.74) is 1.89. The Morgan fingerprint density at radius 1 is 1.08 bits per heavy atom. The number of nitrogens with zero attached hydrogens (tertiary/aromatic N) is 1. The van der Waals surface area contributed by atoms with E-state index in [2.05, 4.69) is 10.3 Å². The van der Waals surface area contributed by atoms with Gasteiger partial charge >= 0.3 is 6.09 Å². The number of fused-ring (bicyclic) bond motifs is 1. The number of carbonyl (C=O) groups is 1. The molecule has 0 radical (unpaired) electrons. The van der Waals surface area contributed by atoms with E-state index in [4.69, 9.17) is 16.3 Å². The molecule has 4 nitrogen and oxygen atoms in total. The molecule has 0 spiro atoms. The quantitative estimate of drug-likeness (QED) is 0.669. The van der Waals surface area contributed by atoms with Gasteiger partial charge in [0.2, 0.25) is 0 Å². The van der Waals surface area contributed by atoms with Crippen LogP contribution in [0.5, 0.6) is 0 Å². The second-order valence-electron chi connectivity index (χ2n) is 5.39. The van der Waals surface area contributed by atoms with Crippen molar-refractivity contribution in [3.8, 4) is 0 Å². The molecule has 0 saturated heterocycles. The molecule has 0 atom stereocenters. The second-order valence-corrected chi connectivity index (χ2v) is 5.75. The number of hydrogen-bond acceptors (Lipinski definition) is 3. The molecule has 0 aliphatic rings. The monoisotopic (exact) mass is 352 g/mol. The lowest BCUT2D eigenvalue weighted by atomic mass is 10.1.